The molecular weight excluding hydrogens is 176 g/mol. The first-order chi connectivity index (χ1) is 6.56. The fourth-order valence-electron chi connectivity index (χ4n) is 1.03. The largest absolute Gasteiger partial charge is 0.432 e. The van der Waals surface area contributed by atoms with Crippen LogP contribution < -0.4 is 0 Å². The van der Waals surface area contributed by atoms with E-state index in [0.29, 0.717) is 12.3 Å². The molecule has 0 rings (SSSR count). The van der Waals surface area contributed by atoms with Crippen LogP contribution in [0.15, 0.2) is 11.8 Å². The first-order valence-electron chi connectivity index (χ1n) is 5.43. The van der Waals surface area contributed by atoms with Crippen molar-refractivity contribution >= 4 is 5.97 Å². The average Bonchev–Trinajstić information content (AvgIpc) is 2.11. The van der Waals surface area contributed by atoms with E-state index in [4.69, 9.17) is 4.74 Å². The molecule has 2 heteroatoms. The summed E-state index contributed by atoms with van der Waals surface area (Å²) >= 11 is 0. The molecule has 0 aliphatic heterocycles. The number of ether oxygens (including phenoxy) is 1. The maximum absolute atomic E-state index is 11.3. The van der Waals surface area contributed by atoms with Crippen LogP contribution in [0.3, 0.4) is 0 Å². The van der Waals surface area contributed by atoms with Crippen molar-refractivity contribution in [1.82, 2.24) is 0 Å². The highest BCUT2D eigenvalue weighted by atomic mass is 16.5. The lowest BCUT2D eigenvalue weighted by Gasteiger charge is -2.05. The van der Waals surface area contributed by atoms with Crippen molar-refractivity contribution in [2.24, 2.45) is 5.92 Å². The molecule has 0 amide bonds. The van der Waals surface area contributed by atoms with Crippen molar-refractivity contribution in [2.45, 2.75) is 53.4 Å². The topological polar surface area (TPSA) is 26.3 Å². The number of hydrogen-bond acceptors (Lipinski definition) is 2. The van der Waals surface area contributed by atoms with Crippen molar-refractivity contribution in [3.05, 3.63) is 11.8 Å². The van der Waals surface area contributed by atoms with Gasteiger partial charge in [-0.2, -0.15) is 0 Å². The minimum absolute atomic E-state index is 0.108. The van der Waals surface area contributed by atoms with E-state index in [2.05, 4.69) is 20.8 Å². The van der Waals surface area contributed by atoms with Crippen LogP contribution in [0.4, 0.5) is 0 Å². The van der Waals surface area contributed by atoms with Crippen molar-refractivity contribution in [1.29, 1.82) is 0 Å². The van der Waals surface area contributed by atoms with Crippen LogP contribution in [0.1, 0.15) is 53.4 Å². The second-order valence-electron chi connectivity index (χ2n) is 4.01. The first kappa shape index (κ1) is 13.2. The molecule has 0 saturated carbocycles. The Labute approximate surface area is 87.3 Å². The Kier molecular flexibility index (Phi) is 7.17. The Morgan fingerprint density at radius 3 is 2.57 bits per heavy atom. The minimum Gasteiger partial charge on any atom is -0.432 e. The van der Waals surface area contributed by atoms with Gasteiger partial charge in [0, 0.05) is 6.42 Å². The number of rotatable bonds is 6. The van der Waals surface area contributed by atoms with Crippen molar-refractivity contribution in [2.75, 3.05) is 0 Å². The van der Waals surface area contributed by atoms with E-state index in [1.54, 1.807) is 0 Å². The van der Waals surface area contributed by atoms with E-state index in [1.165, 1.54) is 0 Å². The molecule has 0 saturated heterocycles. The standard InChI is InChI=1S/C12H22O2/c1-5-6-7-11(4)14-12(13)9-8-10(2)3/h7,10H,5-6,8-9H2,1-4H3/b11-7+. The molecule has 0 heterocycles. The summed E-state index contributed by atoms with van der Waals surface area (Å²) in [4.78, 5) is 11.3. The third-order valence-corrected chi connectivity index (χ3v) is 1.92. The highest BCUT2D eigenvalue weighted by molar-refractivity contribution is 5.70. The van der Waals surface area contributed by atoms with E-state index in [-0.39, 0.29) is 5.97 Å². The predicted molar refractivity (Wildman–Crippen MR) is 58.8 cm³/mol. The Bertz CT molecular complexity index is 192. The fraction of sp³-hybridized carbons (Fsp3) is 0.750. The summed E-state index contributed by atoms with van der Waals surface area (Å²) in [5, 5.41) is 0. The van der Waals surface area contributed by atoms with Crippen molar-refractivity contribution in [3.63, 3.8) is 0 Å². The molecule has 0 aliphatic carbocycles. The third kappa shape index (κ3) is 7.84. The second-order valence-corrected chi connectivity index (χ2v) is 4.01. The molecule has 0 N–H and O–H groups in total. The molecule has 0 aromatic rings. The van der Waals surface area contributed by atoms with E-state index in [1.807, 2.05) is 13.0 Å². The summed E-state index contributed by atoms with van der Waals surface area (Å²) in [5.74, 6) is 1.19. The predicted octanol–water partition coefficient (Wildman–Crippen LogP) is 3.67. The molecule has 2 nitrogen and oxygen atoms in total. The van der Waals surface area contributed by atoms with Gasteiger partial charge in [0.2, 0.25) is 0 Å². The van der Waals surface area contributed by atoms with Crippen LogP contribution in [0, 0.1) is 5.92 Å². The molecule has 0 aromatic heterocycles. The van der Waals surface area contributed by atoms with Gasteiger partial charge in [0.15, 0.2) is 0 Å². The number of carbonyl (C=O) groups is 1. The summed E-state index contributed by atoms with van der Waals surface area (Å²) in [6.07, 6.45) is 5.45. The second kappa shape index (κ2) is 7.60. The van der Waals surface area contributed by atoms with Gasteiger partial charge >= 0.3 is 5.97 Å². The van der Waals surface area contributed by atoms with Gasteiger partial charge in [-0.3, -0.25) is 4.79 Å². The molecular formula is C12H22O2. The zero-order valence-corrected chi connectivity index (χ0v) is 9.80. The van der Waals surface area contributed by atoms with Gasteiger partial charge in [0.05, 0.1) is 0 Å². The van der Waals surface area contributed by atoms with Gasteiger partial charge in [0.25, 0.3) is 0 Å². The minimum atomic E-state index is -0.108. The van der Waals surface area contributed by atoms with E-state index in [9.17, 15) is 4.79 Å². The Morgan fingerprint density at radius 2 is 2.07 bits per heavy atom. The molecule has 0 aromatic carbocycles. The van der Waals surface area contributed by atoms with Gasteiger partial charge in [-0.05, 0) is 31.8 Å². The summed E-state index contributed by atoms with van der Waals surface area (Å²) in [5.41, 5.74) is 0. The monoisotopic (exact) mass is 198 g/mol. The Hall–Kier alpha value is -0.790. The summed E-state index contributed by atoms with van der Waals surface area (Å²) in [6, 6.07) is 0. The molecule has 0 aliphatic rings. The number of allylic oxidation sites excluding steroid dienone is 2. The molecule has 0 radical (unpaired) electrons. The normalized spacial score (nSPS) is 11.9. The van der Waals surface area contributed by atoms with E-state index >= 15 is 0 Å². The maximum Gasteiger partial charge on any atom is 0.310 e. The number of hydrogen-bond donors (Lipinski definition) is 0. The lowest BCUT2D eigenvalue weighted by Crippen LogP contribution is -2.04. The smallest absolute Gasteiger partial charge is 0.310 e. The third-order valence-electron chi connectivity index (χ3n) is 1.92. The van der Waals surface area contributed by atoms with Crippen LogP contribution in [0.5, 0.6) is 0 Å². The van der Waals surface area contributed by atoms with E-state index in [0.717, 1.165) is 25.0 Å². The average molecular weight is 198 g/mol. The van der Waals surface area contributed by atoms with Gasteiger partial charge in [-0.1, -0.05) is 27.2 Å². The Balaban J connectivity index is 3.71. The van der Waals surface area contributed by atoms with Crippen LogP contribution in [0.2, 0.25) is 0 Å². The molecule has 14 heavy (non-hydrogen) atoms. The van der Waals surface area contributed by atoms with Gasteiger partial charge in [0.1, 0.15) is 5.76 Å². The quantitative estimate of drug-likeness (QED) is 0.481. The lowest BCUT2D eigenvalue weighted by atomic mass is 10.1. The van der Waals surface area contributed by atoms with Crippen LogP contribution in [-0.2, 0) is 9.53 Å². The maximum atomic E-state index is 11.3. The van der Waals surface area contributed by atoms with Gasteiger partial charge in [-0.25, -0.2) is 0 Å². The highest BCUT2D eigenvalue weighted by Crippen LogP contribution is 2.07. The molecule has 0 spiro atoms. The summed E-state index contributed by atoms with van der Waals surface area (Å²) < 4.78 is 5.12. The fourth-order valence-corrected chi connectivity index (χ4v) is 1.03. The van der Waals surface area contributed by atoms with Crippen LogP contribution >= 0.6 is 0 Å². The van der Waals surface area contributed by atoms with E-state index < -0.39 is 0 Å². The summed E-state index contributed by atoms with van der Waals surface area (Å²) in [7, 11) is 0. The Morgan fingerprint density at radius 1 is 1.43 bits per heavy atom. The van der Waals surface area contributed by atoms with Crippen molar-refractivity contribution < 1.29 is 9.53 Å². The number of unbranched alkanes of at least 4 members (excludes halogenated alkanes) is 1. The van der Waals surface area contributed by atoms with Gasteiger partial charge < -0.3 is 4.74 Å². The van der Waals surface area contributed by atoms with Crippen LogP contribution in [-0.4, -0.2) is 5.97 Å². The molecule has 0 atom stereocenters. The first-order valence-corrected chi connectivity index (χ1v) is 5.43. The molecule has 82 valence electrons. The molecule has 0 unspecified atom stereocenters. The molecule has 0 fully saturated rings. The zero-order chi connectivity index (χ0) is 11.0. The highest BCUT2D eigenvalue weighted by Gasteiger charge is 2.05. The number of carbonyl (C=O) groups excluding carboxylic acids is 1. The van der Waals surface area contributed by atoms with Crippen molar-refractivity contribution in [3.8, 4) is 0 Å². The van der Waals surface area contributed by atoms with Crippen LogP contribution in [0.25, 0.3) is 0 Å². The lowest BCUT2D eigenvalue weighted by molar-refractivity contribution is -0.139. The zero-order valence-electron chi connectivity index (χ0n) is 9.80. The SMILES string of the molecule is CCC/C=C(\C)OC(=O)CCC(C)C. The summed E-state index contributed by atoms with van der Waals surface area (Å²) in [6.45, 7) is 8.15. The molecule has 0 bridgehead atoms. The number of esters is 1. The van der Waals surface area contributed by atoms with Gasteiger partial charge in [-0.15, -0.1) is 0 Å².